The number of aliphatic imine (C=N–C) groups is 1. The molecule has 1 aromatic carbocycles. The highest BCUT2D eigenvalue weighted by atomic mass is 32.1. The van der Waals surface area contributed by atoms with E-state index >= 15 is 0 Å². The summed E-state index contributed by atoms with van der Waals surface area (Å²) in [6.45, 7) is 7.18. The van der Waals surface area contributed by atoms with E-state index in [2.05, 4.69) is 53.4 Å². The quantitative estimate of drug-likeness (QED) is 0.553. The Bertz CT molecular complexity index is 937. The van der Waals surface area contributed by atoms with E-state index in [0.29, 0.717) is 11.9 Å². The molecule has 2 aromatic heterocycles. The van der Waals surface area contributed by atoms with Gasteiger partial charge in [0.05, 0.1) is 4.70 Å². The number of guanidine groups is 1. The van der Waals surface area contributed by atoms with Crippen LogP contribution in [0.2, 0.25) is 0 Å². The fraction of sp³-hybridized carbons (Fsp3) is 0.333. The molecule has 134 valence electrons. The number of rotatable bonds is 2. The molecular formula is C18H21N7S. The van der Waals surface area contributed by atoms with Crippen molar-refractivity contribution >= 4 is 39.3 Å². The van der Waals surface area contributed by atoms with Crippen molar-refractivity contribution in [3.05, 3.63) is 41.7 Å². The van der Waals surface area contributed by atoms with E-state index in [9.17, 15) is 0 Å². The van der Waals surface area contributed by atoms with E-state index in [1.807, 2.05) is 19.9 Å². The third kappa shape index (κ3) is 3.32. The highest BCUT2D eigenvalue weighted by molar-refractivity contribution is 7.13. The molecule has 0 spiro atoms. The van der Waals surface area contributed by atoms with Gasteiger partial charge in [-0.3, -0.25) is 0 Å². The Morgan fingerprint density at radius 3 is 2.50 bits per heavy atom. The molecule has 3 aromatic rings. The molecule has 26 heavy (non-hydrogen) atoms. The van der Waals surface area contributed by atoms with Gasteiger partial charge in [0, 0.05) is 43.0 Å². The maximum atomic E-state index is 6.20. The van der Waals surface area contributed by atoms with Crippen LogP contribution in [0, 0.1) is 13.8 Å². The van der Waals surface area contributed by atoms with Crippen molar-refractivity contribution in [1.82, 2.24) is 19.2 Å². The highest BCUT2D eigenvalue weighted by Crippen LogP contribution is 2.29. The van der Waals surface area contributed by atoms with E-state index < -0.39 is 0 Å². The van der Waals surface area contributed by atoms with Gasteiger partial charge in [0.2, 0.25) is 0 Å². The summed E-state index contributed by atoms with van der Waals surface area (Å²) in [7, 11) is 0. The number of aryl methyl sites for hydroxylation is 2. The number of nitrogens with zero attached hydrogens (tertiary/aromatic N) is 6. The van der Waals surface area contributed by atoms with E-state index in [-0.39, 0.29) is 0 Å². The molecule has 0 unspecified atom stereocenters. The van der Waals surface area contributed by atoms with Crippen LogP contribution in [0.1, 0.15) is 11.4 Å². The van der Waals surface area contributed by atoms with Crippen molar-refractivity contribution in [2.75, 3.05) is 31.1 Å². The summed E-state index contributed by atoms with van der Waals surface area (Å²) in [5.74, 6) is 1.96. The molecule has 1 aliphatic heterocycles. The van der Waals surface area contributed by atoms with E-state index in [1.54, 1.807) is 11.5 Å². The van der Waals surface area contributed by atoms with Gasteiger partial charge in [-0.05, 0) is 43.6 Å². The maximum Gasteiger partial charge on any atom is 0.253 e. The van der Waals surface area contributed by atoms with Crippen molar-refractivity contribution in [2.24, 2.45) is 10.7 Å². The van der Waals surface area contributed by atoms with Crippen LogP contribution in [0.15, 0.2) is 35.3 Å². The number of benzene rings is 1. The molecule has 0 amide bonds. The van der Waals surface area contributed by atoms with Gasteiger partial charge in [-0.25, -0.2) is 9.97 Å². The Balaban J connectivity index is 1.47. The zero-order chi connectivity index (χ0) is 18.1. The predicted octanol–water partition coefficient (Wildman–Crippen LogP) is 2.47. The molecule has 7 nitrogen and oxygen atoms in total. The van der Waals surface area contributed by atoms with Gasteiger partial charge < -0.3 is 15.5 Å². The summed E-state index contributed by atoms with van der Waals surface area (Å²) in [6, 6.07) is 10.3. The summed E-state index contributed by atoms with van der Waals surface area (Å²) in [5, 5.41) is 1.22. The van der Waals surface area contributed by atoms with Crippen molar-refractivity contribution < 1.29 is 0 Å². The highest BCUT2D eigenvalue weighted by Gasteiger charge is 2.22. The molecule has 8 heteroatoms. The fourth-order valence-electron chi connectivity index (χ4n) is 3.18. The average Bonchev–Trinajstić information content (AvgIpc) is 3.05. The van der Waals surface area contributed by atoms with Crippen LogP contribution in [0.4, 0.5) is 11.8 Å². The zero-order valence-corrected chi connectivity index (χ0v) is 15.7. The first-order valence-electron chi connectivity index (χ1n) is 8.61. The first-order chi connectivity index (χ1) is 12.6. The van der Waals surface area contributed by atoms with Gasteiger partial charge in [0.1, 0.15) is 5.82 Å². The second kappa shape index (κ2) is 6.87. The summed E-state index contributed by atoms with van der Waals surface area (Å²) >= 11 is 1.55. The van der Waals surface area contributed by atoms with Crippen LogP contribution >= 0.6 is 11.5 Å². The molecule has 2 N–H and O–H groups in total. The number of hydrogen-bond donors (Lipinski definition) is 1. The lowest BCUT2D eigenvalue weighted by atomic mass is 10.2. The fourth-order valence-corrected chi connectivity index (χ4v) is 3.97. The SMILES string of the molecule is Cc1cc(C)nc(/N=C(\N)N2CCN(c3nsc4ccccc34)CC2)n1. The van der Waals surface area contributed by atoms with Crippen molar-refractivity contribution in [1.29, 1.82) is 0 Å². The molecule has 3 heterocycles. The van der Waals surface area contributed by atoms with E-state index in [4.69, 9.17) is 5.73 Å². The molecule has 0 bridgehead atoms. The van der Waals surface area contributed by atoms with Crippen LogP contribution in [0.5, 0.6) is 0 Å². The third-order valence-corrected chi connectivity index (χ3v) is 5.26. The van der Waals surface area contributed by atoms with Gasteiger partial charge in [0.25, 0.3) is 5.95 Å². The number of nitrogens with two attached hydrogens (primary N) is 1. The summed E-state index contributed by atoms with van der Waals surface area (Å²) in [6.07, 6.45) is 0. The predicted molar refractivity (Wildman–Crippen MR) is 106 cm³/mol. The molecule has 0 atom stereocenters. The zero-order valence-electron chi connectivity index (χ0n) is 14.9. The first kappa shape index (κ1) is 16.7. The largest absolute Gasteiger partial charge is 0.369 e. The molecule has 1 aliphatic rings. The smallest absolute Gasteiger partial charge is 0.253 e. The van der Waals surface area contributed by atoms with Gasteiger partial charge in [-0.15, -0.1) is 0 Å². The van der Waals surface area contributed by atoms with Crippen LogP contribution < -0.4 is 10.6 Å². The molecule has 0 aliphatic carbocycles. The minimum absolute atomic E-state index is 0.424. The maximum absolute atomic E-state index is 6.20. The topological polar surface area (TPSA) is 83.5 Å². The minimum atomic E-state index is 0.424. The summed E-state index contributed by atoms with van der Waals surface area (Å²) < 4.78 is 5.86. The van der Waals surface area contributed by atoms with Gasteiger partial charge >= 0.3 is 0 Å². The number of aromatic nitrogens is 3. The third-order valence-electron chi connectivity index (χ3n) is 4.45. The molecule has 1 fully saturated rings. The van der Waals surface area contributed by atoms with Crippen LogP contribution in [-0.4, -0.2) is 51.4 Å². The van der Waals surface area contributed by atoms with Gasteiger partial charge in [-0.1, -0.05) is 12.1 Å². The molecule has 0 radical (unpaired) electrons. The Labute approximate surface area is 156 Å². The number of piperazine rings is 1. The van der Waals surface area contributed by atoms with Crippen molar-refractivity contribution in [2.45, 2.75) is 13.8 Å². The van der Waals surface area contributed by atoms with Crippen molar-refractivity contribution in [3.63, 3.8) is 0 Å². The van der Waals surface area contributed by atoms with Crippen LogP contribution in [0.3, 0.4) is 0 Å². The number of anilines is 1. The summed E-state index contributed by atoms with van der Waals surface area (Å²) in [4.78, 5) is 17.5. The van der Waals surface area contributed by atoms with E-state index in [0.717, 1.165) is 43.4 Å². The Morgan fingerprint density at radius 2 is 1.77 bits per heavy atom. The van der Waals surface area contributed by atoms with Crippen molar-refractivity contribution in [3.8, 4) is 0 Å². The van der Waals surface area contributed by atoms with Gasteiger partial charge in [0.15, 0.2) is 5.96 Å². The molecule has 0 saturated carbocycles. The van der Waals surface area contributed by atoms with E-state index in [1.165, 1.54) is 10.1 Å². The number of fused-ring (bicyclic) bond motifs is 1. The minimum Gasteiger partial charge on any atom is -0.369 e. The lowest BCUT2D eigenvalue weighted by Crippen LogP contribution is -2.51. The normalized spacial score (nSPS) is 15.7. The first-order valence-corrected chi connectivity index (χ1v) is 9.38. The number of hydrogen-bond acceptors (Lipinski definition) is 6. The molecule has 4 rings (SSSR count). The van der Waals surface area contributed by atoms with Crippen LogP contribution in [-0.2, 0) is 0 Å². The molecular weight excluding hydrogens is 346 g/mol. The molecule has 1 saturated heterocycles. The lowest BCUT2D eigenvalue weighted by molar-refractivity contribution is 0.381. The Morgan fingerprint density at radius 1 is 1.08 bits per heavy atom. The second-order valence-electron chi connectivity index (χ2n) is 6.40. The second-order valence-corrected chi connectivity index (χ2v) is 7.20. The van der Waals surface area contributed by atoms with Crippen LogP contribution in [0.25, 0.3) is 10.1 Å². The Hall–Kier alpha value is -2.74. The monoisotopic (exact) mass is 367 g/mol. The lowest BCUT2D eigenvalue weighted by Gasteiger charge is -2.35. The Kier molecular flexibility index (Phi) is 4.42. The summed E-state index contributed by atoms with van der Waals surface area (Å²) in [5.41, 5.74) is 7.98. The average molecular weight is 367 g/mol. The van der Waals surface area contributed by atoms with Gasteiger partial charge in [-0.2, -0.15) is 9.37 Å². The standard InChI is InChI=1S/C18H21N7S/c1-12-11-13(2)21-18(20-12)22-17(19)25-9-7-24(8-10-25)16-14-5-3-4-6-15(14)26-23-16/h3-6,11H,7-10H2,1-2H3,(H2,19,20,21,22).